The maximum Gasteiger partial charge on any atom is 0.322 e. The predicted molar refractivity (Wildman–Crippen MR) is 118 cm³/mol. The molecule has 1 aliphatic rings. The van der Waals surface area contributed by atoms with E-state index in [1.54, 1.807) is 6.07 Å². The lowest BCUT2D eigenvalue weighted by molar-refractivity contribution is -0.121. The monoisotopic (exact) mass is 480 g/mol. The fraction of sp³-hybridized carbons (Fsp3) is 0.350. The topological polar surface area (TPSA) is 105 Å². The van der Waals surface area contributed by atoms with Gasteiger partial charge in [0.25, 0.3) is 10.0 Å². The van der Waals surface area contributed by atoms with Crippen molar-refractivity contribution in [2.45, 2.75) is 30.4 Å². The van der Waals surface area contributed by atoms with Crippen LogP contribution in [-0.4, -0.2) is 41.9 Å². The molecule has 1 atom stereocenters. The molecule has 11 heteroatoms. The molecule has 1 aromatic carbocycles. The molecule has 8 nitrogen and oxygen atoms in total. The number of piperidine rings is 1. The fourth-order valence-electron chi connectivity index (χ4n) is 3.40. The summed E-state index contributed by atoms with van der Waals surface area (Å²) in [4.78, 5) is 12.7. The van der Waals surface area contributed by atoms with Crippen LogP contribution in [-0.2, 0) is 21.2 Å². The van der Waals surface area contributed by atoms with Gasteiger partial charge in [-0.25, -0.2) is 8.42 Å². The number of aromatic nitrogens is 2. The first-order valence-electron chi connectivity index (χ1n) is 9.75. The quantitative estimate of drug-likeness (QED) is 0.576. The number of hydrogen-bond donors (Lipinski definition) is 1. The minimum Gasteiger partial charge on any atom is -0.407 e. The van der Waals surface area contributed by atoms with Gasteiger partial charge in [0.05, 0.1) is 16.7 Å². The third kappa shape index (κ3) is 5.15. The average molecular weight is 481 g/mol. The van der Waals surface area contributed by atoms with Crippen LogP contribution in [0.2, 0.25) is 4.34 Å². The molecule has 3 aromatic rings. The first-order valence-corrected chi connectivity index (χ1v) is 12.4. The smallest absolute Gasteiger partial charge is 0.322 e. The Morgan fingerprint density at radius 2 is 2.03 bits per heavy atom. The van der Waals surface area contributed by atoms with Crippen LogP contribution in [0.3, 0.4) is 0 Å². The van der Waals surface area contributed by atoms with Gasteiger partial charge in [0.2, 0.25) is 11.8 Å². The highest BCUT2D eigenvalue weighted by Crippen LogP contribution is 2.31. The zero-order valence-corrected chi connectivity index (χ0v) is 19.1. The highest BCUT2D eigenvalue weighted by Gasteiger charge is 2.34. The van der Waals surface area contributed by atoms with Crippen molar-refractivity contribution in [1.82, 2.24) is 14.5 Å². The molecule has 31 heavy (non-hydrogen) atoms. The molecular formula is C20H21ClN4O4S2. The molecule has 0 radical (unpaired) electrons. The van der Waals surface area contributed by atoms with Gasteiger partial charge in [-0.3, -0.25) is 10.1 Å². The van der Waals surface area contributed by atoms with E-state index < -0.39 is 15.9 Å². The second kappa shape index (κ2) is 9.07. The highest BCUT2D eigenvalue weighted by molar-refractivity contribution is 7.91. The molecular weight excluding hydrogens is 460 g/mol. The zero-order valence-electron chi connectivity index (χ0n) is 16.7. The summed E-state index contributed by atoms with van der Waals surface area (Å²) in [5, 5.41) is 10.5. The number of aryl methyl sites for hydroxylation is 1. The Balaban J connectivity index is 1.38. The second-order valence-corrected chi connectivity index (χ2v) is 11.3. The summed E-state index contributed by atoms with van der Waals surface area (Å²) < 4.78 is 33.1. The molecule has 3 heterocycles. The van der Waals surface area contributed by atoms with Crippen LogP contribution in [0, 0.1) is 12.8 Å². The van der Waals surface area contributed by atoms with Crippen LogP contribution in [0.25, 0.3) is 0 Å². The lowest BCUT2D eigenvalue weighted by Gasteiger charge is -2.30. The minimum absolute atomic E-state index is 0.0112. The van der Waals surface area contributed by atoms with Gasteiger partial charge in [-0.1, -0.05) is 46.5 Å². The van der Waals surface area contributed by atoms with Gasteiger partial charge in [0.15, 0.2) is 0 Å². The van der Waals surface area contributed by atoms with Gasteiger partial charge in [-0.2, -0.15) is 4.31 Å². The van der Waals surface area contributed by atoms with Crippen molar-refractivity contribution in [1.29, 1.82) is 0 Å². The molecule has 0 spiro atoms. The zero-order chi connectivity index (χ0) is 22.0. The van der Waals surface area contributed by atoms with Crippen molar-refractivity contribution in [3.05, 3.63) is 57.8 Å². The number of nitrogens with one attached hydrogen (secondary N) is 1. The lowest BCUT2D eigenvalue weighted by atomic mass is 9.99. The van der Waals surface area contributed by atoms with E-state index in [2.05, 4.69) is 15.5 Å². The first kappa shape index (κ1) is 21.9. The van der Waals surface area contributed by atoms with Crippen molar-refractivity contribution in [2.75, 3.05) is 18.4 Å². The van der Waals surface area contributed by atoms with Gasteiger partial charge in [-0.15, -0.1) is 16.4 Å². The van der Waals surface area contributed by atoms with Gasteiger partial charge < -0.3 is 4.42 Å². The van der Waals surface area contributed by atoms with Gasteiger partial charge >= 0.3 is 6.01 Å². The molecule has 1 saturated heterocycles. The molecule has 4 rings (SSSR count). The van der Waals surface area contributed by atoms with E-state index in [1.165, 1.54) is 10.4 Å². The number of nitrogens with zero attached hydrogens (tertiary/aromatic N) is 3. The third-order valence-electron chi connectivity index (χ3n) is 5.07. The Morgan fingerprint density at radius 3 is 2.74 bits per heavy atom. The SMILES string of the molecule is Cc1ccc(Cc2nnc(NC(=O)C3CCCN(S(=O)(=O)c4ccc(Cl)s4)C3)o2)cc1. The molecule has 0 aliphatic carbocycles. The van der Waals surface area contributed by atoms with Crippen molar-refractivity contribution >= 4 is 44.9 Å². The molecule has 1 aliphatic heterocycles. The summed E-state index contributed by atoms with van der Waals surface area (Å²) in [6, 6.07) is 11.0. The molecule has 1 amide bonds. The Bertz CT molecular complexity index is 1170. The number of carbonyl (C=O) groups excluding carboxylic acids is 1. The third-order valence-corrected chi connectivity index (χ3v) is 8.63. The lowest BCUT2D eigenvalue weighted by Crippen LogP contribution is -2.43. The summed E-state index contributed by atoms with van der Waals surface area (Å²) in [6.07, 6.45) is 1.62. The maximum atomic E-state index is 12.8. The number of hydrogen-bond acceptors (Lipinski definition) is 7. The normalized spacial score (nSPS) is 17.5. The van der Waals surface area contributed by atoms with Crippen LogP contribution < -0.4 is 5.32 Å². The molecule has 1 fully saturated rings. The maximum absolute atomic E-state index is 12.8. The predicted octanol–water partition coefficient (Wildman–Crippen LogP) is 3.72. The molecule has 2 aromatic heterocycles. The van der Waals surface area contributed by atoms with Gasteiger partial charge in [-0.05, 0) is 37.5 Å². The Morgan fingerprint density at radius 1 is 1.26 bits per heavy atom. The number of thiophene rings is 1. The number of sulfonamides is 1. The molecule has 0 saturated carbocycles. The summed E-state index contributed by atoms with van der Waals surface area (Å²) in [7, 11) is -3.68. The van der Waals surface area contributed by atoms with Crippen molar-refractivity contribution < 1.29 is 17.6 Å². The van der Waals surface area contributed by atoms with Crippen LogP contribution in [0.15, 0.2) is 45.0 Å². The Kier molecular flexibility index (Phi) is 6.42. The van der Waals surface area contributed by atoms with E-state index >= 15 is 0 Å². The van der Waals surface area contributed by atoms with E-state index in [0.717, 1.165) is 22.5 Å². The summed E-state index contributed by atoms with van der Waals surface area (Å²) in [6.45, 7) is 2.47. The van der Waals surface area contributed by atoms with Crippen LogP contribution in [0.1, 0.15) is 29.9 Å². The summed E-state index contributed by atoms with van der Waals surface area (Å²) in [5.41, 5.74) is 2.18. The van der Waals surface area contributed by atoms with E-state index in [9.17, 15) is 13.2 Å². The summed E-state index contributed by atoms with van der Waals surface area (Å²) >= 11 is 6.89. The Labute approximate surface area is 189 Å². The number of amides is 1. The summed E-state index contributed by atoms with van der Waals surface area (Å²) in [5.74, 6) is -0.456. The molecule has 164 valence electrons. The minimum atomic E-state index is -3.68. The van der Waals surface area contributed by atoms with Crippen molar-refractivity contribution in [2.24, 2.45) is 5.92 Å². The Hall–Kier alpha value is -2.27. The number of anilines is 1. The number of benzene rings is 1. The van der Waals surface area contributed by atoms with E-state index in [-0.39, 0.29) is 22.7 Å². The van der Waals surface area contributed by atoms with Crippen molar-refractivity contribution in [3.8, 4) is 0 Å². The molecule has 0 bridgehead atoms. The highest BCUT2D eigenvalue weighted by atomic mass is 35.5. The van der Waals surface area contributed by atoms with E-state index in [1.807, 2.05) is 31.2 Å². The van der Waals surface area contributed by atoms with Crippen LogP contribution in [0.4, 0.5) is 6.01 Å². The van der Waals surface area contributed by atoms with Crippen molar-refractivity contribution in [3.63, 3.8) is 0 Å². The largest absolute Gasteiger partial charge is 0.407 e. The number of halogens is 1. The standard InChI is InChI=1S/C20H21ClN4O4S2/c1-13-4-6-14(7-5-13)11-17-23-24-20(29-17)22-19(26)15-3-2-10-25(12-15)31(27,28)18-9-8-16(21)30-18/h4-9,15H,2-3,10-12H2,1H3,(H,22,24,26). The van der Waals surface area contributed by atoms with Crippen LogP contribution in [0.5, 0.6) is 0 Å². The van der Waals surface area contributed by atoms with Gasteiger partial charge in [0.1, 0.15) is 4.21 Å². The van der Waals surface area contributed by atoms with E-state index in [4.69, 9.17) is 16.0 Å². The van der Waals surface area contributed by atoms with Gasteiger partial charge in [0, 0.05) is 13.1 Å². The number of rotatable bonds is 6. The number of carbonyl (C=O) groups is 1. The molecule has 1 N–H and O–H groups in total. The first-order chi connectivity index (χ1) is 14.8. The van der Waals surface area contributed by atoms with E-state index in [0.29, 0.717) is 36.0 Å². The molecule has 1 unspecified atom stereocenters. The van der Waals surface area contributed by atoms with Crippen LogP contribution >= 0.6 is 22.9 Å². The second-order valence-electron chi connectivity index (χ2n) is 7.41. The average Bonchev–Trinajstić information content (AvgIpc) is 3.39. The fourth-order valence-corrected chi connectivity index (χ4v) is 6.56.